The van der Waals surface area contributed by atoms with Crippen molar-refractivity contribution in [1.29, 1.82) is 0 Å². The van der Waals surface area contributed by atoms with E-state index in [0.717, 1.165) is 5.56 Å². The third-order valence-electron chi connectivity index (χ3n) is 1.79. The van der Waals surface area contributed by atoms with Crippen molar-refractivity contribution in [3.63, 3.8) is 0 Å². The molecule has 1 N–H and O–H groups in total. The Morgan fingerprint density at radius 1 is 1.57 bits per heavy atom. The van der Waals surface area contributed by atoms with Gasteiger partial charge in [-0.1, -0.05) is 11.6 Å². The molecule has 0 spiro atoms. The molecule has 0 saturated heterocycles. The first-order valence-corrected chi connectivity index (χ1v) is 3.95. The van der Waals surface area contributed by atoms with Crippen molar-refractivity contribution in [3.8, 4) is 0 Å². The van der Waals surface area contributed by atoms with Gasteiger partial charge in [0.25, 0.3) is 0 Å². The number of hydrogen-bond acceptors (Lipinski definition) is 3. The maximum Gasteiger partial charge on any atom is 0.336 e. The van der Waals surface area contributed by atoms with Crippen LogP contribution in [0.5, 0.6) is 0 Å². The Hall–Kier alpha value is -1.91. The highest BCUT2D eigenvalue weighted by atomic mass is 16.6. The van der Waals surface area contributed by atoms with Crippen LogP contribution >= 0.6 is 0 Å². The van der Waals surface area contributed by atoms with Crippen molar-refractivity contribution in [3.05, 3.63) is 45.0 Å². The van der Waals surface area contributed by atoms with Gasteiger partial charge in [-0.05, 0) is 19.1 Å². The third kappa shape index (κ3) is 2.29. The van der Waals surface area contributed by atoms with Gasteiger partial charge >= 0.3 is 5.97 Å². The highest BCUT2D eigenvalue weighted by Gasteiger charge is 2.13. The minimum Gasteiger partial charge on any atom is -0.478 e. The maximum atomic E-state index is 10.7. The molecule has 0 atom stereocenters. The lowest BCUT2D eigenvalue weighted by Crippen LogP contribution is -2.07. The molecule has 5 heteroatoms. The molecular formula is C9H9NO4. The van der Waals surface area contributed by atoms with Gasteiger partial charge in [0, 0.05) is 10.5 Å². The third-order valence-corrected chi connectivity index (χ3v) is 1.79. The Balaban J connectivity index is 3.15. The van der Waals surface area contributed by atoms with E-state index >= 15 is 0 Å². The molecule has 74 valence electrons. The zero-order chi connectivity index (χ0) is 10.7. The molecule has 0 fully saturated rings. The largest absolute Gasteiger partial charge is 0.478 e. The molecular weight excluding hydrogens is 186 g/mol. The number of carboxylic acid groups (broad SMARTS) is 1. The van der Waals surface area contributed by atoms with Crippen LogP contribution in [0.4, 0.5) is 0 Å². The molecule has 0 radical (unpaired) electrons. The summed E-state index contributed by atoms with van der Waals surface area (Å²) < 4.78 is 0. The predicted molar refractivity (Wildman–Crippen MR) is 48.8 cm³/mol. The van der Waals surface area contributed by atoms with Gasteiger partial charge in [-0.15, -0.1) is 0 Å². The van der Waals surface area contributed by atoms with Gasteiger partial charge in [0.1, 0.15) is 0 Å². The zero-order valence-electron chi connectivity index (χ0n) is 7.56. The molecule has 0 aliphatic heterocycles. The van der Waals surface area contributed by atoms with Gasteiger partial charge in [0.15, 0.2) is 0 Å². The number of nitrogens with zero attached hydrogens (tertiary/aromatic N) is 1. The normalized spacial score (nSPS) is 9.79. The zero-order valence-corrected chi connectivity index (χ0v) is 7.56. The molecule has 5 nitrogen and oxygen atoms in total. The Morgan fingerprint density at radius 2 is 2.21 bits per heavy atom. The van der Waals surface area contributed by atoms with Gasteiger partial charge in [0.2, 0.25) is 6.54 Å². The van der Waals surface area contributed by atoms with Crippen LogP contribution in [0, 0.1) is 17.0 Å². The first-order chi connectivity index (χ1) is 6.50. The summed E-state index contributed by atoms with van der Waals surface area (Å²) in [6, 6.07) is 4.52. The molecule has 0 bridgehead atoms. The van der Waals surface area contributed by atoms with Gasteiger partial charge in [-0.25, -0.2) is 4.79 Å². The second kappa shape index (κ2) is 3.87. The lowest BCUT2D eigenvalue weighted by Gasteiger charge is -2.02. The molecule has 14 heavy (non-hydrogen) atoms. The van der Waals surface area contributed by atoms with Crippen molar-refractivity contribution in [1.82, 2.24) is 0 Å². The van der Waals surface area contributed by atoms with Gasteiger partial charge in [0.05, 0.1) is 5.56 Å². The molecule has 0 saturated carbocycles. The summed E-state index contributed by atoms with van der Waals surface area (Å²) in [5.41, 5.74) is 1.04. The van der Waals surface area contributed by atoms with Crippen molar-refractivity contribution in [2.24, 2.45) is 0 Å². The topological polar surface area (TPSA) is 80.4 Å². The van der Waals surface area contributed by atoms with E-state index in [4.69, 9.17) is 5.11 Å². The summed E-state index contributed by atoms with van der Waals surface area (Å²) in [5, 5.41) is 19.0. The Labute approximate surface area is 80.1 Å². The van der Waals surface area contributed by atoms with Gasteiger partial charge in [-0.2, -0.15) is 0 Å². The average molecular weight is 195 g/mol. The number of hydrogen-bond donors (Lipinski definition) is 1. The molecule has 0 aliphatic rings. The first-order valence-electron chi connectivity index (χ1n) is 3.95. The number of aromatic carboxylic acids is 1. The second-order valence-corrected chi connectivity index (χ2v) is 2.96. The van der Waals surface area contributed by atoms with Crippen LogP contribution in [0.2, 0.25) is 0 Å². The molecule has 0 heterocycles. The van der Waals surface area contributed by atoms with Crippen LogP contribution in [0.15, 0.2) is 18.2 Å². The quantitative estimate of drug-likeness (QED) is 0.585. The van der Waals surface area contributed by atoms with E-state index in [9.17, 15) is 14.9 Å². The lowest BCUT2D eigenvalue weighted by molar-refractivity contribution is -0.496. The standard InChI is InChI=1S/C9H9NO4/c1-6-2-3-8(9(11)12)7(4-6)5-10(13)14/h2-4H,5H2,1H3,(H,11,12). The van der Waals surface area contributed by atoms with Crippen molar-refractivity contribution in [2.75, 3.05) is 0 Å². The van der Waals surface area contributed by atoms with Crippen LogP contribution in [-0.2, 0) is 6.54 Å². The maximum absolute atomic E-state index is 10.7. The monoisotopic (exact) mass is 195 g/mol. The molecule has 1 rings (SSSR count). The number of benzene rings is 1. The van der Waals surface area contributed by atoms with Crippen molar-refractivity contribution >= 4 is 5.97 Å². The fourth-order valence-corrected chi connectivity index (χ4v) is 1.20. The number of nitro groups is 1. The summed E-state index contributed by atoms with van der Waals surface area (Å²) in [4.78, 5) is 20.4. The van der Waals surface area contributed by atoms with E-state index in [0.29, 0.717) is 0 Å². The smallest absolute Gasteiger partial charge is 0.336 e. The minimum absolute atomic E-state index is 0.00713. The van der Waals surface area contributed by atoms with Crippen LogP contribution in [0.3, 0.4) is 0 Å². The van der Waals surface area contributed by atoms with Crippen LogP contribution in [-0.4, -0.2) is 16.0 Å². The Morgan fingerprint density at radius 3 is 2.71 bits per heavy atom. The average Bonchev–Trinajstić information content (AvgIpc) is 2.01. The molecule has 1 aromatic rings. The minimum atomic E-state index is -1.14. The Bertz CT molecular complexity index is 386. The van der Waals surface area contributed by atoms with E-state index in [1.165, 1.54) is 12.1 Å². The van der Waals surface area contributed by atoms with Crippen LogP contribution < -0.4 is 0 Å². The second-order valence-electron chi connectivity index (χ2n) is 2.96. The van der Waals surface area contributed by atoms with Crippen LogP contribution in [0.25, 0.3) is 0 Å². The molecule has 0 amide bonds. The summed E-state index contributed by atoms with van der Waals surface area (Å²) >= 11 is 0. The van der Waals surface area contributed by atoms with E-state index in [-0.39, 0.29) is 11.1 Å². The Kier molecular flexibility index (Phi) is 2.81. The lowest BCUT2D eigenvalue weighted by atomic mass is 10.0. The summed E-state index contributed by atoms with van der Waals surface area (Å²) in [6.45, 7) is 1.30. The number of aryl methyl sites for hydroxylation is 1. The van der Waals surface area contributed by atoms with E-state index in [1.54, 1.807) is 13.0 Å². The highest BCUT2D eigenvalue weighted by molar-refractivity contribution is 5.89. The number of carboxylic acids is 1. The van der Waals surface area contributed by atoms with Crippen molar-refractivity contribution in [2.45, 2.75) is 13.5 Å². The molecule has 0 aromatic heterocycles. The molecule has 1 aromatic carbocycles. The fraction of sp³-hybridized carbons (Fsp3) is 0.222. The van der Waals surface area contributed by atoms with Gasteiger partial charge in [-0.3, -0.25) is 10.1 Å². The first kappa shape index (κ1) is 10.2. The molecule has 0 unspecified atom stereocenters. The highest BCUT2D eigenvalue weighted by Crippen LogP contribution is 2.12. The van der Waals surface area contributed by atoms with Crippen molar-refractivity contribution < 1.29 is 14.8 Å². The summed E-state index contributed by atoms with van der Waals surface area (Å²) in [5.74, 6) is -1.14. The van der Waals surface area contributed by atoms with E-state index in [2.05, 4.69) is 0 Å². The molecule has 0 aliphatic carbocycles. The summed E-state index contributed by atoms with van der Waals surface area (Å²) in [7, 11) is 0. The predicted octanol–water partition coefficient (Wildman–Crippen LogP) is 1.47. The number of rotatable bonds is 3. The van der Waals surface area contributed by atoms with Crippen LogP contribution in [0.1, 0.15) is 21.5 Å². The fourth-order valence-electron chi connectivity index (χ4n) is 1.20. The number of carbonyl (C=O) groups is 1. The van der Waals surface area contributed by atoms with Gasteiger partial charge < -0.3 is 5.11 Å². The SMILES string of the molecule is Cc1ccc(C(=O)O)c(C[N+](=O)[O-])c1. The van der Waals surface area contributed by atoms with E-state index < -0.39 is 17.4 Å². The van der Waals surface area contributed by atoms with E-state index in [1.807, 2.05) is 0 Å². The summed E-state index contributed by atoms with van der Waals surface area (Å²) in [6.07, 6.45) is 0.